The van der Waals surface area contributed by atoms with Crippen LogP contribution in [0.25, 0.3) is 6.08 Å². The molecule has 2 aliphatic heterocycles. The number of halogens is 3. The van der Waals surface area contributed by atoms with E-state index < -0.39 is 11.1 Å². The lowest BCUT2D eigenvalue weighted by Gasteiger charge is -2.18. The third-order valence-corrected chi connectivity index (χ3v) is 8.15. The molecule has 0 saturated carbocycles. The van der Waals surface area contributed by atoms with Crippen molar-refractivity contribution in [3.8, 4) is 5.75 Å². The quantitative estimate of drug-likeness (QED) is 0.281. The highest BCUT2D eigenvalue weighted by molar-refractivity contribution is 14.1. The molecule has 2 aliphatic rings. The SMILES string of the molecule is O=C(CN1C(=O)S/C(=C/c2cc(I)c(OCc3ccccc3Cl)c(I)c2)C1=O)N1CCCC1. The Morgan fingerprint density at radius 1 is 1.12 bits per heavy atom. The first kappa shape index (κ1) is 24.8. The van der Waals surface area contributed by atoms with E-state index in [2.05, 4.69) is 45.2 Å². The number of nitrogens with zero attached hydrogens (tertiary/aromatic N) is 2. The van der Waals surface area contributed by atoms with Gasteiger partial charge in [0.25, 0.3) is 11.1 Å². The molecule has 2 aromatic carbocycles. The summed E-state index contributed by atoms with van der Waals surface area (Å²) in [6.45, 7) is 1.51. The number of hydrogen-bond acceptors (Lipinski definition) is 5. The van der Waals surface area contributed by atoms with Crippen LogP contribution in [0.4, 0.5) is 4.79 Å². The van der Waals surface area contributed by atoms with Crippen LogP contribution in [0.3, 0.4) is 0 Å². The van der Waals surface area contributed by atoms with E-state index in [4.69, 9.17) is 16.3 Å². The van der Waals surface area contributed by atoms with Gasteiger partial charge in [-0.3, -0.25) is 19.3 Å². The number of likely N-dealkylation sites (tertiary alicyclic amines) is 1. The topological polar surface area (TPSA) is 66.9 Å². The number of benzene rings is 2. The first-order chi connectivity index (χ1) is 15.8. The lowest BCUT2D eigenvalue weighted by atomic mass is 10.2. The molecule has 2 aromatic rings. The van der Waals surface area contributed by atoms with Gasteiger partial charge in [0.1, 0.15) is 18.9 Å². The predicted octanol–water partition coefficient (Wildman–Crippen LogP) is 5.79. The summed E-state index contributed by atoms with van der Waals surface area (Å²) < 4.78 is 7.76. The standard InChI is InChI=1S/C23H19ClI2N2O4S/c24-16-6-2-1-5-15(16)13-32-21-17(25)9-14(10-18(21)26)11-19-22(30)28(23(31)33-19)12-20(29)27-7-3-4-8-27/h1-2,5-6,9-11H,3-4,7-8,12-13H2/b19-11+. The molecule has 0 N–H and O–H groups in total. The van der Waals surface area contributed by atoms with Crippen molar-refractivity contribution < 1.29 is 19.1 Å². The maximum absolute atomic E-state index is 12.8. The van der Waals surface area contributed by atoms with Gasteiger partial charge in [-0.05, 0) is 99.6 Å². The van der Waals surface area contributed by atoms with E-state index in [0.717, 1.165) is 53.5 Å². The first-order valence-electron chi connectivity index (χ1n) is 10.2. The van der Waals surface area contributed by atoms with Crippen LogP contribution in [0.1, 0.15) is 24.0 Å². The Morgan fingerprint density at radius 3 is 2.45 bits per heavy atom. The van der Waals surface area contributed by atoms with Crippen LogP contribution in [0.15, 0.2) is 41.3 Å². The number of rotatable bonds is 6. The molecule has 0 spiro atoms. The van der Waals surface area contributed by atoms with Crippen LogP contribution >= 0.6 is 68.5 Å². The number of hydrogen-bond donors (Lipinski definition) is 0. The summed E-state index contributed by atoms with van der Waals surface area (Å²) in [5.41, 5.74) is 1.68. The van der Waals surface area contributed by atoms with Gasteiger partial charge in [0, 0.05) is 23.7 Å². The fourth-order valence-electron chi connectivity index (χ4n) is 3.56. The Kier molecular flexibility index (Phi) is 8.24. The second-order valence-electron chi connectivity index (χ2n) is 7.55. The minimum atomic E-state index is -0.429. The Hall–Kier alpha value is -1.31. The molecule has 172 valence electrons. The molecular weight excluding hydrogens is 690 g/mol. The van der Waals surface area contributed by atoms with Crippen LogP contribution in [0.2, 0.25) is 5.02 Å². The number of imide groups is 1. The lowest BCUT2D eigenvalue weighted by molar-refractivity contribution is -0.135. The summed E-state index contributed by atoms with van der Waals surface area (Å²) in [6.07, 6.45) is 3.61. The molecular formula is C23H19ClI2N2O4S. The molecule has 2 heterocycles. The fraction of sp³-hybridized carbons (Fsp3) is 0.261. The second kappa shape index (κ2) is 11.0. The van der Waals surface area contributed by atoms with Crippen molar-refractivity contribution in [1.82, 2.24) is 9.80 Å². The molecule has 0 atom stereocenters. The van der Waals surface area contributed by atoms with Crippen molar-refractivity contribution in [3.63, 3.8) is 0 Å². The minimum Gasteiger partial charge on any atom is -0.487 e. The highest BCUT2D eigenvalue weighted by Gasteiger charge is 2.37. The predicted molar refractivity (Wildman–Crippen MR) is 146 cm³/mol. The second-order valence-corrected chi connectivity index (χ2v) is 11.3. The fourth-order valence-corrected chi connectivity index (χ4v) is 6.71. The summed E-state index contributed by atoms with van der Waals surface area (Å²) in [7, 11) is 0. The lowest BCUT2D eigenvalue weighted by Crippen LogP contribution is -2.40. The summed E-state index contributed by atoms with van der Waals surface area (Å²) in [4.78, 5) is 40.6. The molecule has 0 radical (unpaired) electrons. The van der Waals surface area contributed by atoms with Crippen molar-refractivity contribution >= 4 is 91.7 Å². The Morgan fingerprint density at radius 2 is 1.79 bits per heavy atom. The first-order valence-corrected chi connectivity index (χ1v) is 13.6. The molecule has 0 bridgehead atoms. The van der Waals surface area contributed by atoms with Crippen LogP contribution in [-0.4, -0.2) is 46.5 Å². The largest absolute Gasteiger partial charge is 0.487 e. The zero-order chi connectivity index (χ0) is 23.5. The van der Waals surface area contributed by atoms with Gasteiger partial charge < -0.3 is 9.64 Å². The maximum atomic E-state index is 12.8. The number of amides is 3. The van der Waals surface area contributed by atoms with Crippen molar-refractivity contribution in [2.24, 2.45) is 0 Å². The average molecular weight is 709 g/mol. The van der Waals surface area contributed by atoms with Crippen LogP contribution in [-0.2, 0) is 16.2 Å². The van der Waals surface area contributed by atoms with Gasteiger partial charge in [0.15, 0.2) is 0 Å². The van der Waals surface area contributed by atoms with Gasteiger partial charge in [0.05, 0.1) is 12.0 Å². The molecule has 3 amide bonds. The van der Waals surface area contributed by atoms with E-state index >= 15 is 0 Å². The van der Waals surface area contributed by atoms with E-state index in [-0.39, 0.29) is 12.5 Å². The molecule has 0 aliphatic carbocycles. The number of carbonyl (C=O) groups is 3. The average Bonchev–Trinajstić information content (AvgIpc) is 3.39. The van der Waals surface area contributed by atoms with Gasteiger partial charge in [-0.1, -0.05) is 29.8 Å². The Bertz CT molecular complexity index is 1130. The van der Waals surface area contributed by atoms with Crippen LogP contribution < -0.4 is 4.74 Å². The maximum Gasteiger partial charge on any atom is 0.294 e. The van der Waals surface area contributed by atoms with E-state index in [0.29, 0.717) is 29.6 Å². The number of carbonyl (C=O) groups excluding carboxylic acids is 3. The monoisotopic (exact) mass is 708 g/mol. The van der Waals surface area contributed by atoms with Crippen LogP contribution in [0.5, 0.6) is 5.75 Å². The third-order valence-electron chi connectivity index (χ3n) is 5.27. The van der Waals surface area contributed by atoms with E-state index in [1.807, 2.05) is 36.4 Å². The van der Waals surface area contributed by atoms with E-state index in [9.17, 15) is 14.4 Å². The highest BCUT2D eigenvalue weighted by atomic mass is 127. The zero-order valence-electron chi connectivity index (χ0n) is 17.4. The Balaban J connectivity index is 1.47. The molecule has 2 saturated heterocycles. The number of ether oxygens (including phenoxy) is 1. The van der Waals surface area contributed by atoms with Gasteiger partial charge in [-0.15, -0.1) is 0 Å². The van der Waals surface area contributed by atoms with Crippen LogP contribution in [0, 0.1) is 7.14 Å². The molecule has 6 nitrogen and oxygen atoms in total. The van der Waals surface area contributed by atoms with Gasteiger partial charge in [-0.25, -0.2) is 0 Å². The van der Waals surface area contributed by atoms with E-state index in [1.165, 1.54) is 0 Å². The summed E-state index contributed by atoms with van der Waals surface area (Å²) in [5.74, 6) is 0.124. The van der Waals surface area contributed by atoms with Crippen molar-refractivity contribution in [2.45, 2.75) is 19.4 Å². The van der Waals surface area contributed by atoms with Gasteiger partial charge in [-0.2, -0.15) is 0 Å². The molecule has 33 heavy (non-hydrogen) atoms. The summed E-state index contributed by atoms with van der Waals surface area (Å²) >= 11 is 11.5. The molecule has 2 fully saturated rings. The van der Waals surface area contributed by atoms with Gasteiger partial charge in [0.2, 0.25) is 5.91 Å². The van der Waals surface area contributed by atoms with Crippen molar-refractivity contribution in [3.05, 3.63) is 64.6 Å². The zero-order valence-corrected chi connectivity index (χ0v) is 23.2. The van der Waals surface area contributed by atoms with E-state index in [1.54, 1.807) is 11.0 Å². The third kappa shape index (κ3) is 5.85. The highest BCUT2D eigenvalue weighted by Crippen LogP contribution is 2.35. The smallest absolute Gasteiger partial charge is 0.294 e. The Labute approximate surface area is 228 Å². The molecule has 0 aromatic heterocycles. The normalized spacial score (nSPS) is 17.4. The molecule has 0 unspecified atom stereocenters. The van der Waals surface area contributed by atoms with Crippen molar-refractivity contribution in [2.75, 3.05) is 19.6 Å². The minimum absolute atomic E-state index is 0.180. The van der Waals surface area contributed by atoms with Crippen molar-refractivity contribution in [1.29, 1.82) is 0 Å². The summed E-state index contributed by atoms with van der Waals surface area (Å²) in [6, 6.07) is 11.3. The molecule has 10 heteroatoms. The number of thioether (sulfide) groups is 1. The van der Waals surface area contributed by atoms with Gasteiger partial charge >= 0.3 is 0 Å². The summed E-state index contributed by atoms with van der Waals surface area (Å²) in [5, 5.41) is 0.237. The molecule has 4 rings (SSSR count).